The number of nitrogens with zero attached hydrogens (tertiary/aromatic N) is 3. The molecule has 0 aromatic heterocycles. The van der Waals surface area contributed by atoms with Gasteiger partial charge in [0.1, 0.15) is 5.84 Å². The molecule has 2 aromatic rings. The number of guanidine groups is 1. The Morgan fingerprint density at radius 2 is 1.81 bits per heavy atom. The number of amidine groups is 1. The number of nitrogens with one attached hydrogen (secondary N) is 1. The maximum absolute atomic E-state index is 12.9. The van der Waals surface area contributed by atoms with Crippen LogP contribution in [-0.4, -0.2) is 48.7 Å². The number of hydrogen-bond acceptors (Lipinski definition) is 5. The number of anilines is 1. The predicted octanol–water partition coefficient (Wildman–Crippen LogP) is 2.18. The molecule has 0 unspecified atom stereocenters. The van der Waals surface area contributed by atoms with Crippen LogP contribution < -0.4 is 16.8 Å². The quantitative estimate of drug-likeness (QED) is 0.222. The van der Waals surface area contributed by atoms with Gasteiger partial charge in [0.05, 0.1) is 10.6 Å². The molecular formula is C20H23ClN6O4S. The van der Waals surface area contributed by atoms with Gasteiger partial charge < -0.3 is 22.0 Å². The number of aliphatic imine (C=N–C) groups is 1. The summed E-state index contributed by atoms with van der Waals surface area (Å²) in [4.78, 5) is 16.7. The monoisotopic (exact) mass is 478 g/mol. The Kier molecular flexibility index (Phi) is 7.33. The molecule has 1 heterocycles. The summed E-state index contributed by atoms with van der Waals surface area (Å²) in [6.07, 6.45) is 2.62. The van der Waals surface area contributed by atoms with Gasteiger partial charge in [0.2, 0.25) is 10.0 Å². The van der Waals surface area contributed by atoms with Crippen LogP contribution in [0, 0.1) is 0 Å². The van der Waals surface area contributed by atoms with Crippen molar-refractivity contribution in [2.45, 2.75) is 24.2 Å². The maximum atomic E-state index is 12.9. The van der Waals surface area contributed by atoms with Gasteiger partial charge in [-0.2, -0.15) is 9.30 Å². The summed E-state index contributed by atoms with van der Waals surface area (Å²) < 4.78 is 27.3. The van der Waals surface area contributed by atoms with Crippen LogP contribution in [0.4, 0.5) is 5.69 Å². The maximum Gasteiger partial charge on any atom is 0.258 e. The fourth-order valence-electron chi connectivity index (χ4n) is 3.30. The summed E-state index contributed by atoms with van der Waals surface area (Å²) in [6.45, 7) is 0.924. The summed E-state index contributed by atoms with van der Waals surface area (Å²) in [5.74, 6) is -1.15. The van der Waals surface area contributed by atoms with Crippen molar-refractivity contribution in [3.63, 3.8) is 0 Å². The lowest BCUT2D eigenvalue weighted by Gasteiger charge is -2.26. The molecule has 10 nitrogen and oxygen atoms in total. The number of oxime groups is 1. The molecule has 1 fully saturated rings. The van der Waals surface area contributed by atoms with Gasteiger partial charge in [0.15, 0.2) is 0 Å². The number of halogens is 1. The summed E-state index contributed by atoms with van der Waals surface area (Å²) >= 11 is 6.05. The van der Waals surface area contributed by atoms with Gasteiger partial charge >= 0.3 is 0 Å². The van der Waals surface area contributed by atoms with Crippen LogP contribution in [0.3, 0.4) is 0 Å². The van der Waals surface area contributed by atoms with Crippen molar-refractivity contribution in [2.75, 3.05) is 18.4 Å². The molecule has 0 aliphatic carbocycles. The second kappa shape index (κ2) is 9.98. The van der Waals surface area contributed by atoms with E-state index >= 15 is 0 Å². The van der Waals surface area contributed by atoms with E-state index in [1.54, 1.807) is 0 Å². The van der Waals surface area contributed by atoms with Crippen molar-refractivity contribution in [3.05, 3.63) is 58.6 Å². The topological polar surface area (TPSA) is 163 Å². The Hall–Kier alpha value is -3.15. The van der Waals surface area contributed by atoms with Crippen molar-refractivity contribution in [1.29, 1.82) is 0 Å². The average molecular weight is 479 g/mol. The number of piperidine rings is 1. The predicted molar refractivity (Wildman–Crippen MR) is 123 cm³/mol. The van der Waals surface area contributed by atoms with E-state index in [1.165, 1.54) is 46.8 Å². The first-order valence-corrected chi connectivity index (χ1v) is 11.6. The molecule has 0 spiro atoms. The minimum Gasteiger partial charge on any atom is -0.408 e. The van der Waals surface area contributed by atoms with Crippen LogP contribution >= 0.6 is 11.6 Å². The second-order valence-electron chi connectivity index (χ2n) is 7.09. The van der Waals surface area contributed by atoms with Gasteiger partial charge in [-0.1, -0.05) is 24.1 Å². The minimum atomic E-state index is -3.69. The molecule has 32 heavy (non-hydrogen) atoms. The smallest absolute Gasteiger partial charge is 0.258 e. The molecule has 12 heteroatoms. The molecular weight excluding hydrogens is 456 g/mol. The van der Waals surface area contributed by atoms with Crippen molar-refractivity contribution < 1.29 is 18.4 Å². The zero-order valence-corrected chi connectivity index (χ0v) is 18.6. The van der Waals surface area contributed by atoms with Crippen LogP contribution in [0.2, 0.25) is 5.02 Å². The Morgan fingerprint density at radius 3 is 2.50 bits per heavy atom. The average Bonchev–Trinajstić information content (AvgIpc) is 2.79. The Morgan fingerprint density at radius 1 is 1.09 bits per heavy atom. The fraction of sp³-hybridized carbons (Fsp3) is 0.250. The van der Waals surface area contributed by atoms with Crippen molar-refractivity contribution in [1.82, 2.24) is 4.31 Å². The SMILES string of the molecule is N/C(=N\C(N)=N\O)c1ccc(Cl)cc1NC(=O)c1cccc(S(=O)(=O)N2CCCCC2)c1. The standard InChI is InChI=1S/C20H23ClN6O4S/c21-14-7-8-16(18(22)25-20(23)26-29)17(12-14)24-19(28)13-5-4-6-15(11-13)32(30,31)27-9-2-1-3-10-27/h4-8,11-12,29H,1-3,9-10H2,(H,24,28)(H4,22,23,25,26). The van der Waals surface area contributed by atoms with Crippen molar-refractivity contribution in [3.8, 4) is 0 Å². The number of benzene rings is 2. The first-order valence-electron chi connectivity index (χ1n) is 9.75. The van der Waals surface area contributed by atoms with E-state index in [0.717, 1.165) is 19.3 Å². The summed E-state index contributed by atoms with van der Waals surface area (Å²) in [7, 11) is -3.69. The highest BCUT2D eigenvalue weighted by Crippen LogP contribution is 2.24. The number of nitrogens with two attached hydrogens (primary N) is 2. The van der Waals surface area contributed by atoms with E-state index in [9.17, 15) is 13.2 Å². The molecule has 1 amide bonds. The Bertz CT molecular complexity index is 1180. The van der Waals surface area contributed by atoms with E-state index in [4.69, 9.17) is 28.3 Å². The number of hydrogen-bond donors (Lipinski definition) is 4. The van der Waals surface area contributed by atoms with Crippen LogP contribution in [0.5, 0.6) is 0 Å². The normalized spacial score (nSPS) is 16.0. The first kappa shape index (κ1) is 23.5. The zero-order chi connectivity index (χ0) is 23.3. The molecule has 0 atom stereocenters. The lowest BCUT2D eigenvalue weighted by molar-refractivity contribution is 0.102. The Balaban J connectivity index is 1.89. The van der Waals surface area contributed by atoms with Crippen molar-refractivity contribution in [2.24, 2.45) is 21.6 Å². The fourth-order valence-corrected chi connectivity index (χ4v) is 5.03. The van der Waals surface area contributed by atoms with E-state index in [0.29, 0.717) is 18.1 Å². The van der Waals surface area contributed by atoms with E-state index in [1.807, 2.05) is 0 Å². The van der Waals surface area contributed by atoms with Gasteiger partial charge in [0.25, 0.3) is 11.9 Å². The number of sulfonamides is 1. The number of amides is 1. The summed E-state index contributed by atoms with van der Waals surface area (Å²) in [6, 6.07) is 10.3. The molecule has 2 aromatic carbocycles. The van der Waals surface area contributed by atoms with Gasteiger partial charge in [-0.25, -0.2) is 8.42 Å². The third-order valence-electron chi connectivity index (χ3n) is 4.89. The second-order valence-corrected chi connectivity index (χ2v) is 9.47. The molecule has 170 valence electrons. The molecule has 0 bridgehead atoms. The Labute approximate surface area is 190 Å². The van der Waals surface area contributed by atoms with Crippen molar-refractivity contribution >= 4 is 45.0 Å². The van der Waals surface area contributed by atoms with Gasteiger partial charge in [-0.05, 0) is 54.4 Å². The third-order valence-corrected chi connectivity index (χ3v) is 7.02. The van der Waals surface area contributed by atoms with Gasteiger partial charge in [-0.3, -0.25) is 4.79 Å². The van der Waals surface area contributed by atoms with Crippen LogP contribution in [0.1, 0.15) is 35.2 Å². The molecule has 0 saturated carbocycles. The number of carbonyl (C=O) groups excluding carboxylic acids is 1. The number of rotatable bonds is 5. The highest BCUT2D eigenvalue weighted by atomic mass is 35.5. The summed E-state index contributed by atoms with van der Waals surface area (Å²) in [5, 5.41) is 14.4. The largest absolute Gasteiger partial charge is 0.408 e. The summed E-state index contributed by atoms with van der Waals surface area (Å²) in [5.41, 5.74) is 11.9. The first-order chi connectivity index (χ1) is 15.2. The van der Waals surface area contributed by atoms with Gasteiger partial charge in [0, 0.05) is 29.2 Å². The molecule has 1 aliphatic heterocycles. The van der Waals surface area contributed by atoms with E-state index in [2.05, 4.69) is 15.5 Å². The highest BCUT2D eigenvalue weighted by Gasteiger charge is 2.26. The molecule has 1 saturated heterocycles. The third kappa shape index (κ3) is 5.36. The number of carbonyl (C=O) groups is 1. The van der Waals surface area contributed by atoms with Gasteiger partial charge in [-0.15, -0.1) is 0 Å². The molecule has 6 N–H and O–H groups in total. The van der Waals surface area contributed by atoms with E-state index in [-0.39, 0.29) is 27.5 Å². The highest BCUT2D eigenvalue weighted by molar-refractivity contribution is 7.89. The van der Waals surface area contributed by atoms with E-state index < -0.39 is 21.9 Å². The lowest BCUT2D eigenvalue weighted by Crippen LogP contribution is -2.35. The molecule has 0 radical (unpaired) electrons. The zero-order valence-electron chi connectivity index (χ0n) is 17.0. The van der Waals surface area contributed by atoms with Crippen LogP contribution in [0.15, 0.2) is 57.5 Å². The minimum absolute atomic E-state index is 0.0476. The molecule has 3 rings (SSSR count). The van der Waals surface area contributed by atoms with Crippen LogP contribution in [-0.2, 0) is 10.0 Å². The lowest BCUT2D eigenvalue weighted by atomic mass is 10.1. The van der Waals surface area contributed by atoms with Crippen LogP contribution in [0.25, 0.3) is 0 Å². The molecule has 1 aliphatic rings.